The van der Waals surface area contributed by atoms with E-state index in [0.717, 1.165) is 30.6 Å². The van der Waals surface area contributed by atoms with Gasteiger partial charge < -0.3 is 10.2 Å². The van der Waals surface area contributed by atoms with Crippen LogP contribution in [0.25, 0.3) is 0 Å². The molecule has 0 aromatic heterocycles. The van der Waals surface area contributed by atoms with Crippen molar-refractivity contribution in [3.05, 3.63) is 28.8 Å². The zero-order chi connectivity index (χ0) is 13.8. The predicted molar refractivity (Wildman–Crippen MR) is 84.0 cm³/mol. The lowest BCUT2D eigenvalue weighted by molar-refractivity contribution is 0.363. The third-order valence-electron chi connectivity index (χ3n) is 4.33. The summed E-state index contributed by atoms with van der Waals surface area (Å²) in [6, 6.07) is 6.87. The fourth-order valence-electron chi connectivity index (χ4n) is 2.92. The molecule has 2 nitrogen and oxygen atoms in total. The van der Waals surface area contributed by atoms with E-state index in [1.54, 1.807) is 0 Å². The third-order valence-corrected chi connectivity index (χ3v) is 4.68. The number of nitrogens with zero attached hydrogens (tertiary/aromatic N) is 1. The van der Waals surface area contributed by atoms with Crippen molar-refractivity contribution in [2.75, 3.05) is 18.0 Å². The third kappa shape index (κ3) is 3.24. The Balaban J connectivity index is 2.29. The van der Waals surface area contributed by atoms with Gasteiger partial charge in [-0.2, -0.15) is 0 Å². The zero-order valence-corrected chi connectivity index (χ0v) is 13.0. The van der Waals surface area contributed by atoms with E-state index in [9.17, 15) is 0 Å². The molecular weight excluding hydrogens is 256 g/mol. The van der Waals surface area contributed by atoms with Crippen molar-refractivity contribution in [1.82, 2.24) is 5.32 Å². The first-order valence-corrected chi connectivity index (χ1v) is 7.77. The zero-order valence-electron chi connectivity index (χ0n) is 12.2. The highest BCUT2D eigenvalue weighted by atomic mass is 35.5. The van der Waals surface area contributed by atoms with Crippen molar-refractivity contribution in [1.29, 1.82) is 0 Å². The lowest BCUT2D eigenvalue weighted by Gasteiger charge is -2.40. The van der Waals surface area contributed by atoms with Crippen molar-refractivity contribution in [3.63, 3.8) is 0 Å². The topological polar surface area (TPSA) is 15.3 Å². The van der Waals surface area contributed by atoms with E-state index >= 15 is 0 Å². The first-order chi connectivity index (χ1) is 9.15. The summed E-state index contributed by atoms with van der Waals surface area (Å²) in [5.41, 5.74) is 2.56. The number of hydrogen-bond donors (Lipinski definition) is 1. The van der Waals surface area contributed by atoms with Crippen LogP contribution in [0.4, 0.5) is 5.69 Å². The quantitative estimate of drug-likeness (QED) is 0.894. The van der Waals surface area contributed by atoms with Crippen LogP contribution in [-0.2, 0) is 6.54 Å². The monoisotopic (exact) mass is 280 g/mol. The molecular formula is C16H25ClN2. The van der Waals surface area contributed by atoms with E-state index in [0.29, 0.717) is 6.04 Å². The summed E-state index contributed by atoms with van der Waals surface area (Å²) in [5.74, 6) is 0.750. The average molecular weight is 281 g/mol. The number of nitrogens with one attached hydrogen (secondary N) is 1. The smallest absolute Gasteiger partial charge is 0.0471 e. The van der Waals surface area contributed by atoms with Crippen molar-refractivity contribution < 1.29 is 0 Å². The average Bonchev–Trinajstić information content (AvgIpc) is 2.40. The molecule has 19 heavy (non-hydrogen) atoms. The van der Waals surface area contributed by atoms with E-state index in [2.05, 4.69) is 43.1 Å². The molecule has 106 valence electrons. The van der Waals surface area contributed by atoms with E-state index in [1.807, 2.05) is 6.07 Å². The number of piperidine rings is 1. The molecule has 1 aromatic rings. The summed E-state index contributed by atoms with van der Waals surface area (Å²) in [6.07, 6.45) is 2.61. The number of anilines is 1. The van der Waals surface area contributed by atoms with Gasteiger partial charge in [0.2, 0.25) is 0 Å². The van der Waals surface area contributed by atoms with Gasteiger partial charge >= 0.3 is 0 Å². The van der Waals surface area contributed by atoms with Gasteiger partial charge in [-0.15, -0.1) is 0 Å². The molecule has 2 rings (SSSR count). The van der Waals surface area contributed by atoms with Crippen LogP contribution in [0.5, 0.6) is 0 Å². The van der Waals surface area contributed by atoms with Crippen molar-refractivity contribution in [2.24, 2.45) is 5.92 Å². The van der Waals surface area contributed by atoms with E-state index < -0.39 is 0 Å². The summed E-state index contributed by atoms with van der Waals surface area (Å²) >= 11 is 6.40. The fraction of sp³-hybridized carbons (Fsp3) is 0.625. The standard InChI is InChI=1S/C16H25ClN2/c1-4-18-11-14-15(17)8-5-9-16(14)19-10-6-7-12(2)13(19)3/h5,8-9,12-13,18H,4,6-7,10-11H2,1-3H3. The number of rotatable bonds is 4. The molecule has 0 saturated carbocycles. The highest BCUT2D eigenvalue weighted by molar-refractivity contribution is 6.31. The summed E-state index contributed by atoms with van der Waals surface area (Å²) in [7, 11) is 0. The molecule has 1 aliphatic heterocycles. The summed E-state index contributed by atoms with van der Waals surface area (Å²) in [5, 5.41) is 4.28. The lowest BCUT2D eigenvalue weighted by atomic mass is 9.91. The Bertz CT molecular complexity index is 419. The van der Waals surface area contributed by atoms with Crippen molar-refractivity contribution in [3.8, 4) is 0 Å². The van der Waals surface area contributed by atoms with Gasteiger partial charge in [-0.25, -0.2) is 0 Å². The maximum absolute atomic E-state index is 6.40. The van der Waals surface area contributed by atoms with E-state index in [-0.39, 0.29) is 0 Å². The second-order valence-electron chi connectivity index (χ2n) is 5.57. The van der Waals surface area contributed by atoms with Crippen molar-refractivity contribution >= 4 is 17.3 Å². The summed E-state index contributed by atoms with van der Waals surface area (Å²) < 4.78 is 0. The second-order valence-corrected chi connectivity index (χ2v) is 5.98. The fourth-order valence-corrected chi connectivity index (χ4v) is 3.15. The lowest BCUT2D eigenvalue weighted by Crippen LogP contribution is -2.43. The molecule has 0 amide bonds. The van der Waals surface area contributed by atoms with Gasteiger partial charge in [-0.3, -0.25) is 0 Å². The van der Waals surface area contributed by atoms with Gasteiger partial charge in [0.1, 0.15) is 0 Å². The molecule has 2 unspecified atom stereocenters. The molecule has 0 spiro atoms. The Labute approximate surface area is 122 Å². The second kappa shape index (κ2) is 6.62. The molecule has 1 aliphatic rings. The molecule has 0 radical (unpaired) electrons. The Morgan fingerprint density at radius 2 is 2.16 bits per heavy atom. The van der Waals surface area contributed by atoms with Crippen LogP contribution in [0.2, 0.25) is 5.02 Å². The molecule has 2 atom stereocenters. The van der Waals surface area contributed by atoms with Gasteiger partial charge in [0.05, 0.1) is 0 Å². The van der Waals surface area contributed by atoms with Crippen LogP contribution < -0.4 is 10.2 Å². The minimum Gasteiger partial charge on any atom is -0.368 e. The molecule has 0 aliphatic carbocycles. The maximum atomic E-state index is 6.40. The van der Waals surface area contributed by atoms with Crippen LogP contribution in [0, 0.1) is 5.92 Å². The highest BCUT2D eigenvalue weighted by Gasteiger charge is 2.26. The molecule has 3 heteroatoms. The van der Waals surface area contributed by atoms with Crippen LogP contribution in [-0.4, -0.2) is 19.1 Å². The summed E-state index contributed by atoms with van der Waals surface area (Å²) in [4.78, 5) is 2.53. The van der Waals surface area contributed by atoms with Crippen LogP contribution in [0.1, 0.15) is 39.2 Å². The molecule has 1 saturated heterocycles. The number of benzene rings is 1. The van der Waals surface area contributed by atoms with Crippen LogP contribution in [0.15, 0.2) is 18.2 Å². The van der Waals surface area contributed by atoms with Crippen LogP contribution in [0.3, 0.4) is 0 Å². The molecule has 1 N–H and O–H groups in total. The van der Waals surface area contributed by atoms with E-state index in [1.165, 1.54) is 24.1 Å². The maximum Gasteiger partial charge on any atom is 0.0471 e. The number of hydrogen-bond acceptors (Lipinski definition) is 2. The van der Waals surface area contributed by atoms with E-state index in [4.69, 9.17) is 11.6 Å². The molecule has 0 bridgehead atoms. The molecule has 1 heterocycles. The predicted octanol–water partition coefficient (Wildman–Crippen LogP) is 4.07. The molecule has 1 fully saturated rings. The normalized spacial score (nSPS) is 23.7. The Morgan fingerprint density at radius 3 is 2.89 bits per heavy atom. The largest absolute Gasteiger partial charge is 0.368 e. The summed E-state index contributed by atoms with van der Waals surface area (Å²) in [6.45, 7) is 9.78. The highest BCUT2D eigenvalue weighted by Crippen LogP contribution is 2.33. The van der Waals surface area contributed by atoms with Gasteiger partial charge in [-0.05, 0) is 44.4 Å². The SMILES string of the molecule is CCNCc1c(Cl)cccc1N1CCCC(C)C1C. The molecule has 1 aromatic carbocycles. The first-order valence-electron chi connectivity index (χ1n) is 7.40. The van der Waals surface area contributed by atoms with Gasteiger partial charge in [0.25, 0.3) is 0 Å². The van der Waals surface area contributed by atoms with Crippen molar-refractivity contribution in [2.45, 2.75) is 46.2 Å². The van der Waals surface area contributed by atoms with Gasteiger partial charge in [0.15, 0.2) is 0 Å². The van der Waals surface area contributed by atoms with Gasteiger partial charge in [-0.1, -0.05) is 31.5 Å². The Morgan fingerprint density at radius 1 is 1.37 bits per heavy atom. The van der Waals surface area contributed by atoms with Crippen LogP contribution >= 0.6 is 11.6 Å². The minimum absolute atomic E-state index is 0.590. The first kappa shape index (κ1) is 14.7. The van der Waals surface area contributed by atoms with Gasteiger partial charge in [0, 0.05) is 35.4 Å². The Hall–Kier alpha value is -0.730. The number of halogens is 1. The Kier molecular flexibility index (Phi) is 5.12. The minimum atomic E-state index is 0.590.